The van der Waals surface area contributed by atoms with Crippen LogP contribution in [0.25, 0.3) is 11.0 Å². The van der Waals surface area contributed by atoms with Gasteiger partial charge in [-0.15, -0.1) is 0 Å². The molecule has 0 aliphatic carbocycles. The van der Waals surface area contributed by atoms with E-state index in [4.69, 9.17) is 4.42 Å². The summed E-state index contributed by atoms with van der Waals surface area (Å²) >= 11 is 0. The number of aliphatic hydroxyl groups is 1. The number of fused-ring (bicyclic) bond motifs is 1. The maximum atomic E-state index is 13.6. The van der Waals surface area contributed by atoms with Crippen molar-refractivity contribution in [1.82, 2.24) is 0 Å². The third-order valence-corrected chi connectivity index (χ3v) is 5.77. The minimum absolute atomic E-state index is 0.0141. The van der Waals surface area contributed by atoms with Crippen LogP contribution in [0.4, 0.5) is 5.69 Å². The Bertz CT molecular complexity index is 1360. The molecule has 0 fully saturated rings. The number of benzene rings is 3. The highest BCUT2D eigenvalue weighted by molar-refractivity contribution is 6.20. The van der Waals surface area contributed by atoms with Crippen LogP contribution < -0.4 is 4.90 Å². The van der Waals surface area contributed by atoms with Crippen molar-refractivity contribution < 1.29 is 19.1 Å². The van der Waals surface area contributed by atoms with E-state index in [2.05, 4.69) is 0 Å². The molecule has 5 heteroatoms. The lowest BCUT2D eigenvalue weighted by molar-refractivity contribution is -0.117. The number of aryl methyl sites for hydroxylation is 2. The molecule has 1 atom stereocenters. The van der Waals surface area contributed by atoms with E-state index in [1.807, 2.05) is 80.6 Å². The van der Waals surface area contributed by atoms with Crippen molar-refractivity contribution in [1.29, 1.82) is 0 Å². The van der Waals surface area contributed by atoms with Crippen molar-refractivity contribution in [2.75, 3.05) is 4.90 Å². The monoisotopic (exact) mass is 423 g/mol. The Hall–Kier alpha value is -4.12. The number of carbonyl (C=O) groups is 2. The molecule has 4 aromatic rings. The van der Waals surface area contributed by atoms with Gasteiger partial charge in [0.2, 0.25) is 5.78 Å². The molecule has 1 N–H and O–H groups in total. The molecule has 32 heavy (non-hydrogen) atoms. The number of Topliss-reactive ketones (excluding diaryl/α,β-unsaturated/α-hetero) is 1. The van der Waals surface area contributed by atoms with Gasteiger partial charge in [0.1, 0.15) is 5.58 Å². The topological polar surface area (TPSA) is 70.8 Å². The molecule has 0 bridgehead atoms. The Morgan fingerprint density at radius 3 is 2.38 bits per heavy atom. The third-order valence-electron chi connectivity index (χ3n) is 5.77. The van der Waals surface area contributed by atoms with Crippen LogP contribution in [0, 0.1) is 13.8 Å². The number of para-hydroxylation sites is 1. The number of anilines is 1. The summed E-state index contributed by atoms with van der Waals surface area (Å²) in [5, 5.41) is 11.7. The van der Waals surface area contributed by atoms with Gasteiger partial charge >= 0.3 is 0 Å². The van der Waals surface area contributed by atoms with Gasteiger partial charge in [-0.05, 0) is 43.7 Å². The molecule has 5 nitrogen and oxygen atoms in total. The largest absolute Gasteiger partial charge is 0.503 e. The molecular formula is C27H21NO4. The van der Waals surface area contributed by atoms with Crippen LogP contribution in [0.15, 0.2) is 94.6 Å². The summed E-state index contributed by atoms with van der Waals surface area (Å²) in [5.74, 6) is -1.58. The maximum Gasteiger partial charge on any atom is 0.294 e. The lowest BCUT2D eigenvalue weighted by Gasteiger charge is -2.27. The van der Waals surface area contributed by atoms with E-state index < -0.39 is 23.5 Å². The minimum atomic E-state index is -0.772. The third kappa shape index (κ3) is 3.19. The first-order chi connectivity index (χ1) is 15.4. The van der Waals surface area contributed by atoms with Gasteiger partial charge in [-0.25, -0.2) is 0 Å². The average molecular weight is 423 g/mol. The predicted molar refractivity (Wildman–Crippen MR) is 123 cm³/mol. The number of nitrogens with zero attached hydrogens (tertiary/aromatic N) is 1. The standard InChI is InChI=1S/C27H21NO4/c1-16-10-12-20(13-11-16)28-24(19-8-5-6-17(2)14-19)23(26(30)27(28)31)25(29)22-15-18-7-3-4-9-21(18)32-22/h3-15,24,30H,1-2H3. The Balaban J connectivity index is 1.67. The number of hydrogen-bond acceptors (Lipinski definition) is 4. The van der Waals surface area contributed by atoms with Crippen LogP contribution in [-0.2, 0) is 4.79 Å². The lowest BCUT2D eigenvalue weighted by atomic mass is 9.93. The summed E-state index contributed by atoms with van der Waals surface area (Å²) < 4.78 is 5.77. The molecule has 2 heterocycles. The van der Waals surface area contributed by atoms with E-state index in [9.17, 15) is 14.7 Å². The second-order valence-corrected chi connectivity index (χ2v) is 8.07. The molecule has 1 aliphatic heterocycles. The van der Waals surface area contributed by atoms with Crippen LogP contribution in [0.5, 0.6) is 0 Å². The summed E-state index contributed by atoms with van der Waals surface area (Å²) in [7, 11) is 0. The molecule has 1 aliphatic rings. The minimum Gasteiger partial charge on any atom is -0.503 e. The Morgan fingerprint density at radius 2 is 1.66 bits per heavy atom. The second kappa shape index (κ2) is 7.54. The number of hydrogen-bond donors (Lipinski definition) is 1. The van der Waals surface area contributed by atoms with E-state index in [0.29, 0.717) is 11.3 Å². The van der Waals surface area contributed by atoms with Crippen LogP contribution in [0.2, 0.25) is 0 Å². The molecule has 1 unspecified atom stereocenters. The van der Waals surface area contributed by atoms with E-state index in [-0.39, 0.29) is 11.3 Å². The van der Waals surface area contributed by atoms with Gasteiger partial charge in [-0.1, -0.05) is 65.7 Å². The first-order valence-electron chi connectivity index (χ1n) is 10.4. The van der Waals surface area contributed by atoms with Gasteiger partial charge in [0.15, 0.2) is 11.5 Å². The summed E-state index contributed by atoms with van der Waals surface area (Å²) in [4.78, 5) is 28.3. The van der Waals surface area contributed by atoms with Crippen LogP contribution in [0.1, 0.15) is 33.3 Å². The number of ketones is 1. The van der Waals surface area contributed by atoms with Gasteiger partial charge in [-0.2, -0.15) is 0 Å². The molecule has 5 rings (SSSR count). The normalized spacial score (nSPS) is 16.2. The van der Waals surface area contributed by atoms with Crippen LogP contribution >= 0.6 is 0 Å². The molecule has 158 valence electrons. The summed E-state index contributed by atoms with van der Waals surface area (Å²) in [6.07, 6.45) is 0. The molecule has 3 aromatic carbocycles. The van der Waals surface area contributed by atoms with Crippen molar-refractivity contribution in [2.24, 2.45) is 0 Å². The first-order valence-corrected chi connectivity index (χ1v) is 10.4. The fourth-order valence-corrected chi connectivity index (χ4v) is 4.19. The van der Waals surface area contributed by atoms with Crippen molar-refractivity contribution in [2.45, 2.75) is 19.9 Å². The van der Waals surface area contributed by atoms with E-state index in [0.717, 1.165) is 22.1 Å². The smallest absolute Gasteiger partial charge is 0.294 e. The molecule has 1 aromatic heterocycles. The summed E-state index contributed by atoms with van der Waals surface area (Å²) in [6, 6.07) is 23.2. The second-order valence-electron chi connectivity index (χ2n) is 8.07. The SMILES string of the molecule is Cc1ccc(N2C(=O)C(O)=C(C(=O)c3cc4ccccc4o3)C2c2cccc(C)c2)cc1. The number of furan rings is 1. The zero-order valence-corrected chi connectivity index (χ0v) is 17.7. The molecule has 0 radical (unpaired) electrons. The van der Waals surface area contributed by atoms with Crippen LogP contribution in [0.3, 0.4) is 0 Å². The quantitative estimate of drug-likeness (QED) is 0.419. The van der Waals surface area contributed by atoms with Crippen molar-refractivity contribution in [3.05, 3.63) is 113 Å². The van der Waals surface area contributed by atoms with E-state index in [1.165, 1.54) is 4.90 Å². The molecule has 1 amide bonds. The van der Waals surface area contributed by atoms with Crippen molar-refractivity contribution in [3.8, 4) is 0 Å². The molecule has 0 spiro atoms. The van der Waals surface area contributed by atoms with Crippen molar-refractivity contribution >= 4 is 28.3 Å². The Labute approximate surface area is 185 Å². The highest BCUT2D eigenvalue weighted by Crippen LogP contribution is 2.42. The fraction of sp³-hybridized carbons (Fsp3) is 0.111. The van der Waals surface area contributed by atoms with Gasteiger partial charge < -0.3 is 9.52 Å². The highest BCUT2D eigenvalue weighted by Gasteiger charge is 2.45. The summed E-state index contributed by atoms with van der Waals surface area (Å²) in [5.41, 5.74) is 3.96. The average Bonchev–Trinajstić information content (AvgIpc) is 3.33. The Kier molecular flexibility index (Phi) is 4.67. The molecular weight excluding hydrogens is 402 g/mol. The molecule has 0 saturated carbocycles. The highest BCUT2D eigenvalue weighted by atomic mass is 16.3. The van der Waals surface area contributed by atoms with Gasteiger partial charge in [0.25, 0.3) is 5.91 Å². The lowest BCUT2D eigenvalue weighted by Crippen LogP contribution is -2.31. The maximum absolute atomic E-state index is 13.6. The van der Waals surface area contributed by atoms with Gasteiger partial charge in [0, 0.05) is 11.1 Å². The zero-order valence-electron chi connectivity index (χ0n) is 17.7. The summed E-state index contributed by atoms with van der Waals surface area (Å²) in [6.45, 7) is 3.90. The molecule has 0 saturated heterocycles. The number of amides is 1. The van der Waals surface area contributed by atoms with Gasteiger partial charge in [0.05, 0.1) is 11.6 Å². The number of aliphatic hydroxyl groups excluding tert-OH is 1. The Morgan fingerprint density at radius 1 is 0.906 bits per heavy atom. The van der Waals surface area contributed by atoms with E-state index in [1.54, 1.807) is 12.1 Å². The number of rotatable bonds is 4. The predicted octanol–water partition coefficient (Wildman–Crippen LogP) is 5.83. The van der Waals surface area contributed by atoms with Crippen molar-refractivity contribution in [3.63, 3.8) is 0 Å². The van der Waals surface area contributed by atoms with Crippen LogP contribution in [-0.4, -0.2) is 16.8 Å². The fourth-order valence-electron chi connectivity index (χ4n) is 4.19. The first kappa shape index (κ1) is 19.8. The van der Waals surface area contributed by atoms with E-state index >= 15 is 0 Å². The number of carbonyl (C=O) groups excluding carboxylic acids is 2. The zero-order chi connectivity index (χ0) is 22.4. The van der Waals surface area contributed by atoms with Gasteiger partial charge in [-0.3, -0.25) is 14.5 Å².